The van der Waals surface area contributed by atoms with E-state index in [1.807, 2.05) is 17.2 Å². The standard InChI is InChI=1S/C19H30N4O/c1-3-19(7-8-19)15-21-18(24)23-10-6-17(14-23)13-22(2)12-16-5-4-9-20-11-16/h4-5,9,11,17H,3,6-8,10,12-15H2,1-2H3,(H,21,24)/t17-/m0/s1. The lowest BCUT2D eigenvalue weighted by Gasteiger charge is -2.22. The lowest BCUT2D eigenvalue weighted by Crippen LogP contribution is -2.41. The minimum Gasteiger partial charge on any atom is -0.337 e. The minimum atomic E-state index is 0.132. The molecule has 1 aliphatic heterocycles. The van der Waals surface area contributed by atoms with E-state index in [4.69, 9.17) is 0 Å². The molecule has 1 saturated carbocycles. The number of aromatic nitrogens is 1. The molecule has 1 saturated heterocycles. The van der Waals surface area contributed by atoms with Crippen LogP contribution in [0.3, 0.4) is 0 Å². The maximum absolute atomic E-state index is 12.4. The van der Waals surface area contributed by atoms with Gasteiger partial charge in [0.15, 0.2) is 0 Å². The highest BCUT2D eigenvalue weighted by Crippen LogP contribution is 2.47. The predicted octanol–water partition coefficient (Wildman–Crippen LogP) is 2.74. The molecule has 3 rings (SSSR count). The van der Waals surface area contributed by atoms with Crippen molar-refractivity contribution in [2.75, 3.05) is 33.2 Å². The molecule has 2 aliphatic rings. The van der Waals surface area contributed by atoms with E-state index in [0.717, 1.165) is 39.1 Å². The van der Waals surface area contributed by atoms with Gasteiger partial charge in [0.05, 0.1) is 0 Å². The fourth-order valence-corrected chi connectivity index (χ4v) is 3.68. The average molecular weight is 330 g/mol. The van der Waals surface area contributed by atoms with Gasteiger partial charge in [-0.3, -0.25) is 4.98 Å². The third-order valence-corrected chi connectivity index (χ3v) is 5.64. The first kappa shape index (κ1) is 17.2. The van der Waals surface area contributed by atoms with E-state index in [1.54, 1.807) is 6.20 Å². The van der Waals surface area contributed by atoms with Crippen molar-refractivity contribution in [2.45, 2.75) is 39.2 Å². The van der Waals surface area contributed by atoms with Crippen LogP contribution in [0.15, 0.2) is 24.5 Å². The summed E-state index contributed by atoms with van der Waals surface area (Å²) < 4.78 is 0. The Hall–Kier alpha value is -1.62. The zero-order valence-electron chi connectivity index (χ0n) is 15.0. The lowest BCUT2D eigenvalue weighted by atomic mass is 10.0. The highest BCUT2D eigenvalue weighted by molar-refractivity contribution is 5.74. The van der Waals surface area contributed by atoms with Crippen molar-refractivity contribution in [3.05, 3.63) is 30.1 Å². The first-order valence-electron chi connectivity index (χ1n) is 9.20. The van der Waals surface area contributed by atoms with Crippen LogP contribution in [-0.4, -0.2) is 54.0 Å². The van der Waals surface area contributed by atoms with E-state index in [9.17, 15) is 4.79 Å². The molecule has 2 heterocycles. The zero-order chi connectivity index (χ0) is 17.0. The molecule has 2 fully saturated rings. The summed E-state index contributed by atoms with van der Waals surface area (Å²) in [5, 5.41) is 3.16. The van der Waals surface area contributed by atoms with Crippen molar-refractivity contribution in [1.29, 1.82) is 0 Å². The Morgan fingerprint density at radius 3 is 3.00 bits per heavy atom. The monoisotopic (exact) mass is 330 g/mol. The number of pyridine rings is 1. The maximum Gasteiger partial charge on any atom is 0.317 e. The molecule has 1 aliphatic carbocycles. The summed E-state index contributed by atoms with van der Waals surface area (Å²) >= 11 is 0. The lowest BCUT2D eigenvalue weighted by molar-refractivity contribution is 0.201. The van der Waals surface area contributed by atoms with E-state index in [0.29, 0.717) is 11.3 Å². The van der Waals surface area contributed by atoms with Gasteiger partial charge in [-0.1, -0.05) is 13.0 Å². The number of carbonyl (C=O) groups excluding carboxylic acids is 1. The summed E-state index contributed by atoms with van der Waals surface area (Å²) in [6.07, 6.45) is 8.55. The van der Waals surface area contributed by atoms with Crippen molar-refractivity contribution in [3.8, 4) is 0 Å². The summed E-state index contributed by atoms with van der Waals surface area (Å²) in [6.45, 7) is 6.78. The molecule has 0 bridgehead atoms. The molecule has 0 spiro atoms. The second-order valence-electron chi connectivity index (χ2n) is 7.67. The fourth-order valence-electron chi connectivity index (χ4n) is 3.68. The van der Waals surface area contributed by atoms with E-state index < -0.39 is 0 Å². The molecule has 24 heavy (non-hydrogen) atoms. The van der Waals surface area contributed by atoms with Crippen LogP contribution in [0.4, 0.5) is 4.79 Å². The third-order valence-electron chi connectivity index (χ3n) is 5.64. The number of carbonyl (C=O) groups is 1. The summed E-state index contributed by atoms with van der Waals surface area (Å²) in [4.78, 5) is 20.8. The molecule has 0 aromatic carbocycles. The van der Waals surface area contributed by atoms with Gasteiger partial charge in [0.25, 0.3) is 0 Å². The Morgan fingerprint density at radius 2 is 2.33 bits per heavy atom. The number of rotatable bonds is 7. The smallest absolute Gasteiger partial charge is 0.317 e. The van der Waals surface area contributed by atoms with Crippen molar-refractivity contribution < 1.29 is 4.79 Å². The molecule has 1 aromatic rings. The predicted molar refractivity (Wildman–Crippen MR) is 95.6 cm³/mol. The number of hydrogen-bond acceptors (Lipinski definition) is 3. The van der Waals surface area contributed by atoms with Crippen LogP contribution in [0, 0.1) is 11.3 Å². The number of likely N-dealkylation sites (tertiary alicyclic amines) is 1. The second kappa shape index (κ2) is 7.51. The van der Waals surface area contributed by atoms with Gasteiger partial charge in [-0.15, -0.1) is 0 Å². The van der Waals surface area contributed by atoms with Crippen LogP contribution in [0.2, 0.25) is 0 Å². The van der Waals surface area contributed by atoms with Gasteiger partial charge in [0.1, 0.15) is 0 Å². The Balaban J connectivity index is 1.39. The molecule has 2 amide bonds. The molecule has 5 heteroatoms. The number of nitrogens with one attached hydrogen (secondary N) is 1. The van der Waals surface area contributed by atoms with Crippen molar-refractivity contribution in [2.24, 2.45) is 11.3 Å². The second-order valence-corrected chi connectivity index (χ2v) is 7.67. The number of hydrogen-bond donors (Lipinski definition) is 1. The molecule has 1 aromatic heterocycles. The maximum atomic E-state index is 12.4. The Morgan fingerprint density at radius 1 is 1.50 bits per heavy atom. The van der Waals surface area contributed by atoms with E-state index >= 15 is 0 Å². The van der Waals surface area contributed by atoms with Crippen molar-refractivity contribution >= 4 is 6.03 Å². The van der Waals surface area contributed by atoms with Crippen LogP contribution in [0.25, 0.3) is 0 Å². The summed E-state index contributed by atoms with van der Waals surface area (Å²) in [7, 11) is 2.15. The quantitative estimate of drug-likeness (QED) is 0.836. The number of nitrogens with zero attached hydrogens (tertiary/aromatic N) is 3. The van der Waals surface area contributed by atoms with E-state index in [-0.39, 0.29) is 6.03 Å². The van der Waals surface area contributed by atoms with Gasteiger partial charge in [0, 0.05) is 45.1 Å². The van der Waals surface area contributed by atoms with Crippen molar-refractivity contribution in [1.82, 2.24) is 20.1 Å². The Labute approximate surface area is 145 Å². The first-order chi connectivity index (χ1) is 11.6. The Bertz CT molecular complexity index is 544. The van der Waals surface area contributed by atoms with Gasteiger partial charge >= 0.3 is 6.03 Å². The topological polar surface area (TPSA) is 48.5 Å². The summed E-state index contributed by atoms with van der Waals surface area (Å²) in [6, 6.07) is 4.22. The van der Waals surface area contributed by atoms with E-state index in [2.05, 4.69) is 35.2 Å². The van der Waals surface area contributed by atoms with Gasteiger partial charge in [-0.25, -0.2) is 4.79 Å². The van der Waals surface area contributed by atoms with Crippen LogP contribution in [0.5, 0.6) is 0 Å². The summed E-state index contributed by atoms with van der Waals surface area (Å²) in [5.74, 6) is 0.568. The first-order valence-corrected chi connectivity index (χ1v) is 9.20. The molecule has 1 N–H and O–H groups in total. The normalized spacial score (nSPS) is 22.0. The SMILES string of the molecule is CCC1(CNC(=O)N2CC[C@@H](CN(C)Cc3cccnc3)C2)CC1. The molecule has 0 unspecified atom stereocenters. The Kier molecular flexibility index (Phi) is 5.39. The number of amides is 2. The van der Waals surface area contributed by atoms with Gasteiger partial charge in [-0.2, -0.15) is 0 Å². The zero-order valence-corrected chi connectivity index (χ0v) is 15.0. The van der Waals surface area contributed by atoms with Crippen LogP contribution in [0.1, 0.15) is 38.2 Å². The third kappa shape index (κ3) is 4.47. The van der Waals surface area contributed by atoms with Crippen LogP contribution in [-0.2, 0) is 6.54 Å². The minimum absolute atomic E-state index is 0.132. The molecule has 132 valence electrons. The van der Waals surface area contributed by atoms with Gasteiger partial charge in [-0.05, 0) is 55.7 Å². The summed E-state index contributed by atoms with van der Waals surface area (Å²) in [5.41, 5.74) is 1.65. The van der Waals surface area contributed by atoms with Gasteiger partial charge in [0.2, 0.25) is 0 Å². The largest absolute Gasteiger partial charge is 0.337 e. The number of urea groups is 1. The molecule has 1 atom stereocenters. The molecule has 5 nitrogen and oxygen atoms in total. The van der Waals surface area contributed by atoms with Crippen LogP contribution < -0.4 is 5.32 Å². The average Bonchev–Trinajstić information content (AvgIpc) is 3.23. The molecular weight excluding hydrogens is 300 g/mol. The van der Waals surface area contributed by atoms with Gasteiger partial charge < -0.3 is 15.1 Å². The highest BCUT2D eigenvalue weighted by Gasteiger charge is 2.41. The molecule has 0 radical (unpaired) electrons. The van der Waals surface area contributed by atoms with Crippen LogP contribution >= 0.6 is 0 Å². The highest BCUT2D eigenvalue weighted by atomic mass is 16.2. The molecular formula is C19H30N4O. The fraction of sp³-hybridized carbons (Fsp3) is 0.684. The van der Waals surface area contributed by atoms with Crippen molar-refractivity contribution in [3.63, 3.8) is 0 Å². The van der Waals surface area contributed by atoms with E-state index in [1.165, 1.54) is 24.8 Å².